The van der Waals surface area contributed by atoms with Crippen LogP contribution in [0.5, 0.6) is 0 Å². The molecule has 0 heterocycles. The zero-order valence-electron chi connectivity index (χ0n) is 41.2. The Morgan fingerprint density at radius 2 is 0.828 bits per heavy atom. The number of carbonyl (C=O) groups excluding carboxylic acids is 2. The molecular weight excluding hydrogens is 799 g/mol. The summed E-state index contributed by atoms with van der Waals surface area (Å²) in [4.78, 5) is 37.1. The van der Waals surface area contributed by atoms with Crippen molar-refractivity contribution in [1.82, 2.24) is 0 Å². The molecule has 64 heavy (non-hydrogen) atoms. The lowest BCUT2D eigenvalue weighted by atomic mass is 10.1. The molecule has 8 heteroatoms. The van der Waals surface area contributed by atoms with Crippen LogP contribution in [0.15, 0.2) is 109 Å². The number of esters is 2. The van der Waals surface area contributed by atoms with Crippen LogP contribution in [-0.4, -0.2) is 80.6 Å². The smallest absolute Gasteiger partial charge is 0.362 e. The van der Waals surface area contributed by atoms with Crippen LogP contribution >= 0.6 is 0 Å². The van der Waals surface area contributed by atoms with Crippen molar-refractivity contribution in [2.24, 2.45) is 0 Å². The van der Waals surface area contributed by atoms with Crippen LogP contribution < -0.4 is 0 Å². The number of likely N-dealkylation sites (N-methyl/N-ethyl adjacent to an activating group) is 1. The molecular formula is C56H92NO7+. The highest BCUT2D eigenvalue weighted by Gasteiger charge is 2.31. The Bertz CT molecular complexity index is 1410. The Labute approximate surface area is 391 Å². The second-order valence-corrected chi connectivity index (χ2v) is 17.3. The molecule has 0 aliphatic rings. The zero-order chi connectivity index (χ0) is 47.0. The van der Waals surface area contributed by atoms with E-state index in [-0.39, 0.29) is 42.7 Å². The molecule has 2 unspecified atom stereocenters. The number of aliphatic carboxylic acids is 1. The van der Waals surface area contributed by atoms with Crippen molar-refractivity contribution < 1.29 is 38.2 Å². The van der Waals surface area contributed by atoms with Gasteiger partial charge in [0.05, 0.1) is 34.4 Å². The second-order valence-electron chi connectivity index (χ2n) is 17.3. The van der Waals surface area contributed by atoms with Gasteiger partial charge in [0, 0.05) is 19.3 Å². The van der Waals surface area contributed by atoms with E-state index >= 15 is 0 Å². The average Bonchev–Trinajstić information content (AvgIpc) is 3.26. The van der Waals surface area contributed by atoms with Gasteiger partial charge in [-0.05, 0) is 96.3 Å². The van der Waals surface area contributed by atoms with Crippen LogP contribution in [0.3, 0.4) is 0 Å². The van der Waals surface area contributed by atoms with Crippen molar-refractivity contribution in [3.8, 4) is 0 Å². The van der Waals surface area contributed by atoms with Gasteiger partial charge in [0.1, 0.15) is 6.61 Å². The number of hydrogen-bond donors (Lipinski definition) is 1. The van der Waals surface area contributed by atoms with Gasteiger partial charge in [-0.1, -0.05) is 168 Å². The fraction of sp³-hybridized carbons (Fsp3) is 0.625. The molecule has 0 spiro atoms. The molecule has 0 saturated heterocycles. The molecule has 0 aromatic carbocycles. The van der Waals surface area contributed by atoms with E-state index < -0.39 is 18.1 Å². The molecule has 362 valence electrons. The molecule has 0 aromatic rings. The van der Waals surface area contributed by atoms with Gasteiger partial charge in [0.25, 0.3) is 0 Å². The monoisotopic (exact) mass is 891 g/mol. The maximum absolute atomic E-state index is 12.8. The number of unbranched alkanes of at least 4 members (excludes halogenated alkanes) is 11. The highest BCUT2D eigenvalue weighted by atomic mass is 16.6. The Hall–Kier alpha value is -4.01. The quantitative estimate of drug-likeness (QED) is 0.0282. The zero-order valence-corrected chi connectivity index (χ0v) is 41.2. The van der Waals surface area contributed by atoms with E-state index in [0.29, 0.717) is 19.3 Å². The summed E-state index contributed by atoms with van der Waals surface area (Å²) < 4.78 is 17.3. The third-order valence-corrected chi connectivity index (χ3v) is 10.4. The average molecular weight is 891 g/mol. The third-order valence-electron chi connectivity index (χ3n) is 10.4. The van der Waals surface area contributed by atoms with E-state index in [9.17, 15) is 19.5 Å². The molecule has 0 saturated carbocycles. The van der Waals surface area contributed by atoms with Gasteiger partial charge in [-0.2, -0.15) is 0 Å². The Kier molecular flexibility index (Phi) is 42.7. The van der Waals surface area contributed by atoms with E-state index in [4.69, 9.17) is 14.2 Å². The maximum Gasteiger partial charge on any atom is 0.362 e. The summed E-state index contributed by atoms with van der Waals surface area (Å²) in [5, 5.41) is 9.65. The van der Waals surface area contributed by atoms with E-state index in [0.717, 1.165) is 103 Å². The number of carboxylic acids is 1. The van der Waals surface area contributed by atoms with Crippen LogP contribution in [0.1, 0.15) is 174 Å². The number of rotatable bonds is 43. The summed E-state index contributed by atoms with van der Waals surface area (Å²) in [6.45, 7) is 4.45. The van der Waals surface area contributed by atoms with E-state index in [1.54, 1.807) is 0 Å². The topological polar surface area (TPSA) is 99.1 Å². The van der Waals surface area contributed by atoms with Crippen molar-refractivity contribution in [3.05, 3.63) is 109 Å². The van der Waals surface area contributed by atoms with Crippen molar-refractivity contribution in [1.29, 1.82) is 0 Å². The minimum Gasteiger partial charge on any atom is -0.477 e. The Morgan fingerprint density at radius 1 is 0.469 bits per heavy atom. The van der Waals surface area contributed by atoms with Crippen LogP contribution in [-0.2, 0) is 28.6 Å². The Morgan fingerprint density at radius 3 is 1.23 bits per heavy atom. The van der Waals surface area contributed by atoms with Crippen molar-refractivity contribution in [2.75, 3.05) is 41.0 Å². The van der Waals surface area contributed by atoms with Crippen LogP contribution in [0.25, 0.3) is 0 Å². The van der Waals surface area contributed by atoms with Gasteiger partial charge < -0.3 is 23.8 Å². The number of ether oxygens (including phenoxy) is 3. The lowest BCUT2D eigenvalue weighted by molar-refractivity contribution is -0.887. The predicted molar refractivity (Wildman–Crippen MR) is 270 cm³/mol. The standard InChI is InChI=1S/C56H91NO7/c1-6-8-10-12-14-16-18-20-22-24-26-27-29-30-32-34-36-38-40-42-44-46-54(58)63-51-52(50-62-49-48-53(56(60)61)57(3,4)5)64-55(59)47-45-43-41-39-37-35-33-31-28-25-23-21-19-17-15-13-11-9-7-2/h8-11,14-17,20-23,26-28,31,35,37,52-53H,6-7,12-13,18-19,24-25,29-30,32-34,36,38-51H2,1-5H3/p+1/b10-8-,11-9-,16-14-,17-15-,22-20-,23-21-,27-26-,31-28-,37-35-. The molecule has 0 aromatic heterocycles. The molecule has 0 bridgehead atoms. The molecule has 8 nitrogen and oxygen atoms in total. The first-order valence-corrected chi connectivity index (χ1v) is 24.9. The first-order valence-electron chi connectivity index (χ1n) is 24.9. The lowest BCUT2D eigenvalue weighted by Crippen LogP contribution is -2.50. The normalized spacial score (nSPS) is 13.8. The fourth-order valence-corrected chi connectivity index (χ4v) is 6.64. The predicted octanol–water partition coefficient (Wildman–Crippen LogP) is 14.4. The Balaban J connectivity index is 4.36. The molecule has 0 rings (SSSR count). The van der Waals surface area contributed by atoms with Crippen LogP contribution in [0, 0.1) is 0 Å². The minimum absolute atomic E-state index is 0.0377. The van der Waals surface area contributed by atoms with Crippen molar-refractivity contribution >= 4 is 17.9 Å². The summed E-state index contributed by atoms with van der Waals surface area (Å²) in [5.41, 5.74) is 0. The number of carbonyl (C=O) groups is 3. The van der Waals surface area contributed by atoms with E-state index in [2.05, 4.69) is 123 Å². The highest BCUT2D eigenvalue weighted by molar-refractivity contribution is 5.72. The first-order chi connectivity index (χ1) is 31.1. The maximum atomic E-state index is 12.8. The van der Waals surface area contributed by atoms with Gasteiger partial charge in [0.2, 0.25) is 0 Å². The molecule has 2 atom stereocenters. The van der Waals surface area contributed by atoms with E-state index in [1.807, 2.05) is 21.1 Å². The lowest BCUT2D eigenvalue weighted by Gasteiger charge is -2.31. The van der Waals surface area contributed by atoms with Crippen molar-refractivity contribution in [3.63, 3.8) is 0 Å². The third kappa shape index (κ3) is 43.3. The molecule has 0 aliphatic heterocycles. The van der Waals surface area contributed by atoms with Gasteiger partial charge in [-0.3, -0.25) is 9.59 Å². The minimum atomic E-state index is -0.886. The number of allylic oxidation sites excluding steroid dienone is 18. The molecule has 0 aliphatic carbocycles. The summed E-state index contributed by atoms with van der Waals surface area (Å²) in [6, 6.07) is -0.630. The van der Waals surface area contributed by atoms with Gasteiger partial charge in [0.15, 0.2) is 12.1 Å². The fourth-order valence-electron chi connectivity index (χ4n) is 6.64. The summed E-state index contributed by atoms with van der Waals surface area (Å²) in [6.07, 6.45) is 62.8. The van der Waals surface area contributed by atoms with E-state index in [1.165, 1.54) is 32.1 Å². The SMILES string of the molecule is CC/C=C\C/C=C\C/C=C\C/C=C\C/C=C\CCCCCC(=O)OC(COCCC(C(=O)O)[N+](C)(C)C)COC(=O)CCCCCCCCCC/C=C\C/C=C\C/C=C\C/C=C\CC. The summed E-state index contributed by atoms with van der Waals surface area (Å²) >= 11 is 0. The molecule has 0 radical (unpaired) electrons. The van der Waals surface area contributed by atoms with Gasteiger partial charge in [-0.25, -0.2) is 4.79 Å². The van der Waals surface area contributed by atoms with Crippen molar-refractivity contribution in [2.45, 2.75) is 187 Å². The van der Waals surface area contributed by atoms with Gasteiger partial charge >= 0.3 is 17.9 Å². The van der Waals surface area contributed by atoms with Crippen LogP contribution in [0.4, 0.5) is 0 Å². The van der Waals surface area contributed by atoms with Crippen LogP contribution in [0.2, 0.25) is 0 Å². The molecule has 1 N–H and O–H groups in total. The van der Waals surface area contributed by atoms with Gasteiger partial charge in [-0.15, -0.1) is 0 Å². The second kappa shape index (κ2) is 45.6. The number of carboxylic acid groups (broad SMARTS) is 1. The number of nitrogens with zero attached hydrogens (tertiary/aromatic N) is 1. The summed E-state index contributed by atoms with van der Waals surface area (Å²) in [7, 11) is 5.51. The molecule has 0 fully saturated rings. The first kappa shape index (κ1) is 60.0. The molecule has 0 amide bonds. The number of hydrogen-bond acceptors (Lipinski definition) is 6. The number of quaternary nitrogens is 1. The highest BCUT2D eigenvalue weighted by Crippen LogP contribution is 2.13. The largest absolute Gasteiger partial charge is 0.477 e. The summed E-state index contributed by atoms with van der Waals surface area (Å²) in [5.74, 6) is -1.53.